The molecule has 2 amide bonds. The van der Waals surface area contributed by atoms with E-state index in [1.54, 1.807) is 11.4 Å². The molecule has 162 valence electrons. The van der Waals surface area contributed by atoms with Crippen LogP contribution in [-0.2, 0) is 33.8 Å². The quantitative estimate of drug-likeness (QED) is 0.416. The predicted molar refractivity (Wildman–Crippen MR) is 108 cm³/mol. The summed E-state index contributed by atoms with van der Waals surface area (Å²) in [5.41, 5.74) is -0.0157. The van der Waals surface area contributed by atoms with E-state index in [2.05, 4.69) is 5.32 Å². The molecule has 1 saturated heterocycles. The van der Waals surface area contributed by atoms with E-state index in [4.69, 9.17) is 4.74 Å². The molecule has 30 heavy (non-hydrogen) atoms. The van der Waals surface area contributed by atoms with Crippen molar-refractivity contribution in [2.75, 3.05) is 18.6 Å². The highest BCUT2D eigenvalue weighted by Gasteiger charge is 2.55. The number of carbonyl (C=O) groups excluding carboxylic acids is 3. The number of thioether (sulfide) groups is 1. The molecule has 2 N–H and O–H groups in total. The minimum atomic E-state index is -3.80. The molecule has 0 spiro atoms. The SMILES string of the molecule is CC(=O)OCC1=C(C(=O)O)N2C(=O)C(NC(=O)C(c3cccs3)S(C)(=O)=O)[C@@H]2SC1. The largest absolute Gasteiger partial charge is 0.477 e. The van der Waals surface area contributed by atoms with Crippen LogP contribution in [0.15, 0.2) is 28.8 Å². The number of rotatable bonds is 7. The molecule has 1 aromatic rings. The van der Waals surface area contributed by atoms with E-state index in [0.717, 1.165) is 22.5 Å². The minimum Gasteiger partial charge on any atom is -0.477 e. The molecule has 0 saturated carbocycles. The lowest BCUT2D eigenvalue weighted by Crippen LogP contribution is -2.71. The number of sulfone groups is 1. The zero-order valence-electron chi connectivity index (χ0n) is 15.9. The number of esters is 1. The first-order valence-corrected chi connectivity index (χ1v) is 12.5. The number of carbonyl (C=O) groups is 4. The number of hydrogen-bond donors (Lipinski definition) is 2. The van der Waals surface area contributed by atoms with Gasteiger partial charge in [0.15, 0.2) is 15.1 Å². The van der Waals surface area contributed by atoms with Gasteiger partial charge in [-0.25, -0.2) is 13.2 Å². The Bertz CT molecular complexity index is 1030. The van der Waals surface area contributed by atoms with Crippen LogP contribution in [0, 0.1) is 0 Å². The van der Waals surface area contributed by atoms with E-state index in [0.29, 0.717) is 4.88 Å². The van der Waals surface area contributed by atoms with Crippen molar-refractivity contribution in [3.05, 3.63) is 33.7 Å². The summed E-state index contributed by atoms with van der Waals surface area (Å²) in [4.78, 5) is 49.4. The van der Waals surface area contributed by atoms with Gasteiger partial charge in [0.25, 0.3) is 5.91 Å². The second-order valence-electron chi connectivity index (χ2n) is 6.66. The summed E-state index contributed by atoms with van der Waals surface area (Å²) in [5, 5.41) is 11.5. The Morgan fingerprint density at radius 1 is 1.40 bits per heavy atom. The molecule has 0 bridgehead atoms. The van der Waals surface area contributed by atoms with Crippen molar-refractivity contribution < 1.29 is 37.4 Å². The molecule has 2 aliphatic heterocycles. The lowest BCUT2D eigenvalue weighted by molar-refractivity contribution is -0.151. The van der Waals surface area contributed by atoms with Gasteiger partial charge >= 0.3 is 11.9 Å². The molecule has 3 atom stereocenters. The predicted octanol–water partition coefficient (Wildman–Crippen LogP) is 0.136. The number of carboxylic acid groups (broad SMARTS) is 1. The minimum absolute atomic E-state index is 0.177. The molecule has 10 nitrogen and oxygen atoms in total. The lowest BCUT2D eigenvalue weighted by atomic mass is 10.0. The smallest absolute Gasteiger partial charge is 0.352 e. The Morgan fingerprint density at radius 3 is 2.63 bits per heavy atom. The highest BCUT2D eigenvalue weighted by atomic mass is 32.2. The molecule has 3 heterocycles. The average Bonchev–Trinajstić information content (AvgIpc) is 3.16. The van der Waals surface area contributed by atoms with Crippen molar-refractivity contribution in [2.24, 2.45) is 0 Å². The standard InChI is InChI=1S/C17H18N2O8S3/c1-8(20)27-6-9-7-29-16-11(15(22)19(16)12(9)17(23)24)18-14(21)13(30(2,25)26)10-4-3-5-28-10/h3-5,11,13,16H,6-7H2,1-2H3,(H,18,21)(H,23,24)/t11?,13?,16-/m0/s1. The molecular weight excluding hydrogens is 456 g/mol. The van der Waals surface area contributed by atoms with Crippen LogP contribution in [0.2, 0.25) is 0 Å². The van der Waals surface area contributed by atoms with Crippen LogP contribution in [0.3, 0.4) is 0 Å². The number of carboxylic acids is 1. The number of fused-ring (bicyclic) bond motifs is 1. The van der Waals surface area contributed by atoms with Crippen molar-refractivity contribution in [3.8, 4) is 0 Å². The van der Waals surface area contributed by atoms with Crippen LogP contribution in [0.4, 0.5) is 0 Å². The number of β-lactam (4-membered cyclic amide) rings is 1. The molecule has 0 aromatic carbocycles. The van der Waals surface area contributed by atoms with Gasteiger partial charge in [0.1, 0.15) is 23.7 Å². The van der Waals surface area contributed by atoms with Gasteiger partial charge in [0, 0.05) is 29.4 Å². The molecule has 2 unspecified atom stereocenters. The fraction of sp³-hybridized carbons (Fsp3) is 0.412. The molecular formula is C17H18N2O8S3. The Balaban J connectivity index is 1.80. The van der Waals surface area contributed by atoms with Gasteiger partial charge in [-0.1, -0.05) is 6.07 Å². The van der Waals surface area contributed by atoms with E-state index in [1.807, 2.05) is 0 Å². The molecule has 1 fully saturated rings. The van der Waals surface area contributed by atoms with E-state index < -0.39 is 50.3 Å². The Kier molecular flexibility index (Phi) is 6.24. The van der Waals surface area contributed by atoms with Gasteiger partial charge in [0.05, 0.1) is 0 Å². The van der Waals surface area contributed by atoms with Crippen LogP contribution < -0.4 is 5.32 Å². The van der Waals surface area contributed by atoms with Gasteiger partial charge in [-0.05, 0) is 11.4 Å². The van der Waals surface area contributed by atoms with Gasteiger partial charge < -0.3 is 15.2 Å². The van der Waals surface area contributed by atoms with Crippen molar-refractivity contribution in [1.82, 2.24) is 10.2 Å². The van der Waals surface area contributed by atoms with Crippen LogP contribution in [0.25, 0.3) is 0 Å². The fourth-order valence-electron chi connectivity index (χ4n) is 3.19. The number of nitrogens with one attached hydrogen (secondary N) is 1. The highest BCUT2D eigenvalue weighted by Crippen LogP contribution is 2.41. The third-order valence-electron chi connectivity index (χ3n) is 4.47. The van der Waals surface area contributed by atoms with E-state index in [-0.39, 0.29) is 23.6 Å². The number of nitrogens with zero attached hydrogens (tertiary/aromatic N) is 1. The second kappa shape index (κ2) is 8.40. The Hall–Kier alpha value is -2.38. The van der Waals surface area contributed by atoms with E-state index in [1.165, 1.54) is 24.8 Å². The summed E-state index contributed by atoms with van der Waals surface area (Å²) >= 11 is 2.30. The summed E-state index contributed by atoms with van der Waals surface area (Å²) in [6, 6.07) is 2.08. The summed E-state index contributed by atoms with van der Waals surface area (Å²) in [6.07, 6.45) is 0.938. The number of thiophene rings is 1. The molecule has 13 heteroatoms. The zero-order chi connectivity index (χ0) is 22.2. The first-order valence-electron chi connectivity index (χ1n) is 8.58. The number of aliphatic carboxylic acids is 1. The zero-order valence-corrected chi connectivity index (χ0v) is 18.3. The van der Waals surface area contributed by atoms with E-state index >= 15 is 0 Å². The maximum absolute atomic E-state index is 12.7. The summed E-state index contributed by atoms with van der Waals surface area (Å²) < 4.78 is 29.2. The van der Waals surface area contributed by atoms with Crippen molar-refractivity contribution in [1.29, 1.82) is 0 Å². The maximum Gasteiger partial charge on any atom is 0.352 e. The Labute approximate surface area is 180 Å². The molecule has 2 aliphatic rings. The fourth-order valence-corrected chi connectivity index (χ4v) is 6.86. The summed E-state index contributed by atoms with van der Waals surface area (Å²) in [5.74, 6) is -3.27. The normalized spacial score (nSPS) is 22.1. The maximum atomic E-state index is 12.7. The van der Waals surface area contributed by atoms with Gasteiger partial charge in [-0.15, -0.1) is 23.1 Å². The monoisotopic (exact) mass is 474 g/mol. The van der Waals surface area contributed by atoms with Gasteiger partial charge in [0.2, 0.25) is 5.91 Å². The van der Waals surface area contributed by atoms with Gasteiger partial charge in [-0.2, -0.15) is 0 Å². The van der Waals surface area contributed by atoms with E-state index in [9.17, 15) is 32.7 Å². The number of ether oxygens (including phenoxy) is 1. The lowest BCUT2D eigenvalue weighted by Gasteiger charge is -2.49. The molecule has 0 radical (unpaired) electrons. The second-order valence-corrected chi connectivity index (χ2v) is 10.9. The highest BCUT2D eigenvalue weighted by molar-refractivity contribution is 8.00. The number of hydrogen-bond acceptors (Lipinski definition) is 9. The van der Waals surface area contributed by atoms with Crippen molar-refractivity contribution >= 4 is 56.7 Å². The van der Waals surface area contributed by atoms with Crippen molar-refractivity contribution in [3.63, 3.8) is 0 Å². The third-order valence-corrected chi connectivity index (χ3v) is 8.22. The summed E-state index contributed by atoms with van der Waals surface area (Å²) in [7, 11) is -3.80. The average molecular weight is 475 g/mol. The molecule has 1 aromatic heterocycles. The summed E-state index contributed by atoms with van der Waals surface area (Å²) in [6.45, 7) is 0.929. The van der Waals surface area contributed by atoms with Crippen molar-refractivity contribution in [2.45, 2.75) is 23.6 Å². The first kappa shape index (κ1) is 22.3. The molecule has 3 rings (SSSR count). The number of amides is 2. The first-order chi connectivity index (χ1) is 14.0. The van der Waals surface area contributed by atoms with Crippen LogP contribution in [0.1, 0.15) is 17.1 Å². The van der Waals surface area contributed by atoms with Crippen LogP contribution >= 0.6 is 23.1 Å². The van der Waals surface area contributed by atoms with Gasteiger partial charge in [-0.3, -0.25) is 19.3 Å². The topological polar surface area (TPSA) is 147 Å². The Morgan fingerprint density at radius 2 is 2.10 bits per heavy atom. The van der Waals surface area contributed by atoms with Crippen LogP contribution in [0.5, 0.6) is 0 Å². The third kappa shape index (κ3) is 4.23. The van der Waals surface area contributed by atoms with Crippen LogP contribution in [-0.4, -0.2) is 72.2 Å². The molecule has 0 aliphatic carbocycles.